The first-order chi connectivity index (χ1) is 5.16. The number of carbonyl (C=O) groups excluding carboxylic acids is 2. The van der Waals surface area contributed by atoms with Gasteiger partial charge >= 0.3 is 0 Å². The largest absolute Gasteiger partial charge is 0.274 e. The smallest absolute Gasteiger partial charge is 0.230 e. The summed E-state index contributed by atoms with van der Waals surface area (Å²) in [5.74, 6) is -0.284. The normalized spacial score (nSPS) is 21.1. The molecule has 4 heteroatoms. The lowest BCUT2D eigenvalue weighted by Crippen LogP contribution is -2.35. The summed E-state index contributed by atoms with van der Waals surface area (Å²) in [5.41, 5.74) is -0.447. The van der Waals surface area contributed by atoms with Crippen LogP contribution in [0.5, 0.6) is 0 Å². The molecule has 1 rings (SSSR count). The van der Waals surface area contributed by atoms with Gasteiger partial charge in [0.2, 0.25) is 11.8 Å². The molecule has 0 N–H and O–H groups in total. The number of carbonyl (C=O) groups is 2. The molecule has 0 aromatic rings. The molecule has 1 fully saturated rings. The SMILES string of the molecule is CC[C@H](Cl)N1C(=O)CCC1=O. The Balaban J connectivity index is 2.68. The molecule has 2 amide bonds. The summed E-state index contributed by atoms with van der Waals surface area (Å²) in [6.45, 7) is 1.84. The molecule has 11 heavy (non-hydrogen) atoms. The van der Waals surface area contributed by atoms with E-state index < -0.39 is 5.50 Å². The van der Waals surface area contributed by atoms with Crippen LogP contribution in [0.1, 0.15) is 26.2 Å². The predicted molar refractivity (Wildman–Crippen MR) is 41.0 cm³/mol. The minimum Gasteiger partial charge on any atom is -0.274 e. The molecule has 0 aliphatic carbocycles. The van der Waals surface area contributed by atoms with E-state index in [1.165, 1.54) is 0 Å². The minimum atomic E-state index is -0.447. The van der Waals surface area contributed by atoms with Gasteiger partial charge < -0.3 is 0 Å². The molecule has 1 heterocycles. The number of hydrogen-bond donors (Lipinski definition) is 0. The molecule has 1 aliphatic heterocycles. The van der Waals surface area contributed by atoms with Crippen LogP contribution in [0.15, 0.2) is 0 Å². The quantitative estimate of drug-likeness (QED) is 0.358. The molecular weight excluding hydrogens is 166 g/mol. The second-order valence-corrected chi connectivity index (χ2v) is 3.00. The predicted octanol–water partition coefficient (Wildman–Crippen LogP) is 1.11. The summed E-state index contributed by atoms with van der Waals surface area (Å²) in [6.07, 6.45) is 1.25. The Kier molecular flexibility index (Phi) is 2.49. The van der Waals surface area contributed by atoms with E-state index in [0.717, 1.165) is 4.90 Å². The summed E-state index contributed by atoms with van der Waals surface area (Å²) in [5, 5.41) is 0. The number of rotatable bonds is 2. The summed E-state index contributed by atoms with van der Waals surface area (Å²) >= 11 is 5.75. The van der Waals surface area contributed by atoms with Gasteiger partial charge in [-0.3, -0.25) is 14.5 Å². The zero-order valence-corrected chi connectivity index (χ0v) is 7.10. The van der Waals surface area contributed by atoms with Crippen molar-refractivity contribution in [3.8, 4) is 0 Å². The van der Waals surface area contributed by atoms with Gasteiger partial charge in [-0.2, -0.15) is 0 Å². The highest BCUT2D eigenvalue weighted by Gasteiger charge is 2.32. The van der Waals surface area contributed by atoms with Gasteiger partial charge in [-0.15, -0.1) is 0 Å². The van der Waals surface area contributed by atoms with Gasteiger partial charge in [0.25, 0.3) is 0 Å². The van der Waals surface area contributed by atoms with E-state index in [2.05, 4.69) is 0 Å². The van der Waals surface area contributed by atoms with Crippen molar-refractivity contribution < 1.29 is 9.59 Å². The zero-order chi connectivity index (χ0) is 8.43. The van der Waals surface area contributed by atoms with Gasteiger partial charge in [-0.1, -0.05) is 18.5 Å². The van der Waals surface area contributed by atoms with Crippen LogP contribution in [0.4, 0.5) is 0 Å². The molecule has 0 unspecified atom stereocenters. The van der Waals surface area contributed by atoms with Gasteiger partial charge in [0.1, 0.15) is 5.50 Å². The molecule has 0 saturated carbocycles. The average Bonchev–Trinajstić information content (AvgIpc) is 2.30. The van der Waals surface area contributed by atoms with Crippen molar-refractivity contribution in [3.63, 3.8) is 0 Å². The lowest BCUT2D eigenvalue weighted by Gasteiger charge is -2.18. The number of alkyl halides is 1. The van der Waals surface area contributed by atoms with Crippen LogP contribution in [0.2, 0.25) is 0 Å². The highest BCUT2D eigenvalue weighted by atomic mass is 35.5. The Morgan fingerprint density at radius 1 is 1.45 bits per heavy atom. The van der Waals surface area contributed by atoms with Gasteiger partial charge in [0.05, 0.1) is 0 Å². The molecular formula is C7H10ClNO2. The van der Waals surface area contributed by atoms with Crippen molar-refractivity contribution in [1.29, 1.82) is 0 Å². The second-order valence-electron chi connectivity index (χ2n) is 2.50. The maximum Gasteiger partial charge on any atom is 0.230 e. The van der Waals surface area contributed by atoms with Crippen molar-refractivity contribution in [2.45, 2.75) is 31.7 Å². The molecule has 0 spiro atoms. The maximum absolute atomic E-state index is 11.0. The molecule has 62 valence electrons. The minimum absolute atomic E-state index is 0.142. The fraction of sp³-hybridized carbons (Fsp3) is 0.714. The third kappa shape index (κ3) is 1.53. The average molecular weight is 176 g/mol. The first kappa shape index (κ1) is 8.53. The molecule has 0 radical (unpaired) electrons. The van der Waals surface area contributed by atoms with Crippen LogP contribution >= 0.6 is 11.6 Å². The van der Waals surface area contributed by atoms with E-state index in [1.54, 1.807) is 0 Å². The molecule has 0 aromatic carbocycles. The second kappa shape index (κ2) is 3.22. The number of imide groups is 1. The van der Waals surface area contributed by atoms with Gasteiger partial charge in [-0.25, -0.2) is 0 Å². The number of nitrogens with zero attached hydrogens (tertiary/aromatic N) is 1. The van der Waals surface area contributed by atoms with Crippen molar-refractivity contribution in [1.82, 2.24) is 4.90 Å². The standard InChI is InChI=1S/C7H10ClNO2/c1-2-5(8)9-6(10)3-4-7(9)11/h5H,2-4H2,1H3/t5-/m1/s1. The van der Waals surface area contributed by atoms with Crippen molar-refractivity contribution in [2.75, 3.05) is 0 Å². The van der Waals surface area contributed by atoms with Gasteiger partial charge in [-0.05, 0) is 6.42 Å². The zero-order valence-electron chi connectivity index (χ0n) is 6.34. The third-order valence-corrected chi connectivity index (χ3v) is 2.21. The summed E-state index contributed by atoms with van der Waals surface area (Å²) < 4.78 is 0. The Morgan fingerprint density at radius 2 is 1.91 bits per heavy atom. The lowest BCUT2D eigenvalue weighted by atomic mass is 10.4. The Labute approximate surface area is 70.3 Å². The van der Waals surface area contributed by atoms with Crippen LogP contribution in [-0.4, -0.2) is 22.2 Å². The van der Waals surface area contributed by atoms with E-state index in [1.807, 2.05) is 6.92 Å². The van der Waals surface area contributed by atoms with Crippen molar-refractivity contribution in [3.05, 3.63) is 0 Å². The van der Waals surface area contributed by atoms with Crippen LogP contribution in [0, 0.1) is 0 Å². The van der Waals surface area contributed by atoms with E-state index >= 15 is 0 Å². The van der Waals surface area contributed by atoms with Crippen LogP contribution in [-0.2, 0) is 9.59 Å². The summed E-state index contributed by atoms with van der Waals surface area (Å²) in [7, 11) is 0. The fourth-order valence-electron chi connectivity index (χ4n) is 1.09. The topological polar surface area (TPSA) is 37.4 Å². The maximum atomic E-state index is 11.0. The van der Waals surface area contributed by atoms with Gasteiger partial charge in [0.15, 0.2) is 0 Å². The van der Waals surface area contributed by atoms with Crippen molar-refractivity contribution in [2.24, 2.45) is 0 Å². The lowest BCUT2D eigenvalue weighted by molar-refractivity contribution is -0.139. The first-order valence-electron chi connectivity index (χ1n) is 3.65. The van der Waals surface area contributed by atoms with E-state index in [9.17, 15) is 9.59 Å². The molecule has 0 aromatic heterocycles. The Bertz CT molecular complexity index is 177. The molecule has 1 atom stereocenters. The van der Waals surface area contributed by atoms with E-state index in [0.29, 0.717) is 19.3 Å². The molecule has 1 saturated heterocycles. The summed E-state index contributed by atoms with van der Waals surface area (Å²) in [4.78, 5) is 23.2. The van der Waals surface area contributed by atoms with E-state index in [-0.39, 0.29) is 11.8 Å². The first-order valence-corrected chi connectivity index (χ1v) is 4.09. The number of halogens is 1. The van der Waals surface area contributed by atoms with E-state index in [4.69, 9.17) is 11.6 Å². The Hall–Kier alpha value is -0.570. The van der Waals surface area contributed by atoms with Crippen LogP contribution < -0.4 is 0 Å². The number of hydrogen-bond acceptors (Lipinski definition) is 2. The van der Waals surface area contributed by atoms with Crippen LogP contribution in [0.3, 0.4) is 0 Å². The van der Waals surface area contributed by atoms with Gasteiger partial charge in [0, 0.05) is 12.8 Å². The summed E-state index contributed by atoms with van der Waals surface area (Å²) in [6, 6.07) is 0. The molecule has 0 bridgehead atoms. The molecule has 3 nitrogen and oxygen atoms in total. The highest BCUT2D eigenvalue weighted by molar-refractivity contribution is 6.23. The third-order valence-electron chi connectivity index (χ3n) is 1.71. The highest BCUT2D eigenvalue weighted by Crippen LogP contribution is 2.19. The number of likely N-dealkylation sites (tertiary alicyclic amines) is 1. The van der Waals surface area contributed by atoms with Crippen molar-refractivity contribution >= 4 is 23.4 Å². The monoisotopic (exact) mass is 175 g/mol. The molecule has 1 aliphatic rings. The van der Waals surface area contributed by atoms with Crippen LogP contribution in [0.25, 0.3) is 0 Å². The fourth-order valence-corrected chi connectivity index (χ4v) is 1.31. The Morgan fingerprint density at radius 3 is 2.27 bits per heavy atom. The number of amides is 2.